The Labute approximate surface area is 146 Å². The highest BCUT2D eigenvalue weighted by molar-refractivity contribution is 14.1. The lowest BCUT2D eigenvalue weighted by molar-refractivity contribution is 0.102. The third-order valence-electron chi connectivity index (χ3n) is 3.47. The van der Waals surface area contributed by atoms with Gasteiger partial charge in [-0.25, -0.2) is 4.79 Å². The number of hydrogen-bond donors (Lipinski definition) is 2. The summed E-state index contributed by atoms with van der Waals surface area (Å²) in [4.78, 5) is 27.2. The molecule has 116 valence electrons. The molecule has 5 nitrogen and oxygen atoms in total. The van der Waals surface area contributed by atoms with Crippen molar-refractivity contribution in [1.29, 1.82) is 0 Å². The summed E-state index contributed by atoms with van der Waals surface area (Å²) in [5.41, 5.74) is 2.35. The van der Waals surface area contributed by atoms with E-state index in [0.29, 0.717) is 16.9 Å². The fourth-order valence-electron chi connectivity index (χ4n) is 2.36. The molecule has 0 aliphatic heterocycles. The Morgan fingerprint density at radius 1 is 1.13 bits per heavy atom. The van der Waals surface area contributed by atoms with Gasteiger partial charge in [0.05, 0.1) is 16.9 Å². The van der Waals surface area contributed by atoms with E-state index in [9.17, 15) is 9.59 Å². The van der Waals surface area contributed by atoms with Crippen LogP contribution < -0.4 is 11.0 Å². The van der Waals surface area contributed by atoms with Crippen molar-refractivity contribution in [2.75, 3.05) is 5.32 Å². The molecule has 0 aliphatic carbocycles. The molecule has 0 atom stereocenters. The molecular formula is C17H14IN3O2. The summed E-state index contributed by atoms with van der Waals surface area (Å²) in [5, 5.41) is 2.89. The first kappa shape index (κ1) is 15.5. The molecule has 2 N–H and O–H groups in total. The number of carbonyl (C=O) groups excluding carboxylic acids is 1. The summed E-state index contributed by atoms with van der Waals surface area (Å²) < 4.78 is 2.40. The maximum Gasteiger partial charge on any atom is 0.330 e. The van der Waals surface area contributed by atoms with Gasteiger partial charge < -0.3 is 10.3 Å². The molecule has 23 heavy (non-hydrogen) atoms. The van der Waals surface area contributed by atoms with Crippen LogP contribution >= 0.6 is 22.6 Å². The molecule has 0 saturated carbocycles. The standard InChI is InChI=1S/C17H14IN3O2/c1-11-10-19-17(23)21(11)15-9-5-4-8-14(15)20-16(22)12-6-2-3-7-13(12)18/h2-10H,1H3,(H,19,23)(H,20,22). The first-order valence-electron chi connectivity index (χ1n) is 7.00. The van der Waals surface area contributed by atoms with Crippen LogP contribution in [0.15, 0.2) is 59.5 Å². The third-order valence-corrected chi connectivity index (χ3v) is 4.41. The minimum Gasteiger partial charge on any atom is -0.320 e. The predicted molar refractivity (Wildman–Crippen MR) is 98.2 cm³/mol. The molecule has 1 amide bonds. The summed E-state index contributed by atoms with van der Waals surface area (Å²) in [5.74, 6) is -0.205. The van der Waals surface area contributed by atoms with E-state index in [1.165, 1.54) is 4.57 Å². The van der Waals surface area contributed by atoms with Crippen LogP contribution in [-0.2, 0) is 0 Å². The maximum atomic E-state index is 12.5. The van der Waals surface area contributed by atoms with Gasteiger partial charge in [-0.2, -0.15) is 0 Å². The van der Waals surface area contributed by atoms with Gasteiger partial charge >= 0.3 is 5.69 Å². The van der Waals surface area contributed by atoms with E-state index in [1.807, 2.05) is 37.3 Å². The number of para-hydroxylation sites is 2. The van der Waals surface area contributed by atoms with Crippen molar-refractivity contribution in [2.45, 2.75) is 6.92 Å². The molecule has 0 unspecified atom stereocenters. The van der Waals surface area contributed by atoms with Crippen molar-refractivity contribution in [1.82, 2.24) is 9.55 Å². The first-order valence-corrected chi connectivity index (χ1v) is 8.08. The smallest absolute Gasteiger partial charge is 0.320 e. The lowest BCUT2D eigenvalue weighted by atomic mass is 10.2. The SMILES string of the molecule is Cc1c[nH]c(=O)n1-c1ccccc1NC(=O)c1ccccc1I. The molecular weight excluding hydrogens is 405 g/mol. The molecule has 3 rings (SSSR count). The van der Waals surface area contributed by atoms with E-state index in [2.05, 4.69) is 32.9 Å². The first-order chi connectivity index (χ1) is 11.1. The number of aryl methyl sites for hydroxylation is 1. The highest BCUT2D eigenvalue weighted by Gasteiger charge is 2.14. The fraction of sp³-hybridized carbons (Fsp3) is 0.0588. The van der Waals surface area contributed by atoms with E-state index in [0.717, 1.165) is 9.26 Å². The van der Waals surface area contributed by atoms with Gasteiger partial charge in [0, 0.05) is 15.5 Å². The van der Waals surface area contributed by atoms with Crippen molar-refractivity contribution in [3.05, 3.63) is 80.0 Å². The normalized spacial score (nSPS) is 10.5. The van der Waals surface area contributed by atoms with E-state index in [-0.39, 0.29) is 11.6 Å². The van der Waals surface area contributed by atoms with E-state index in [4.69, 9.17) is 0 Å². The van der Waals surface area contributed by atoms with Crippen LogP contribution in [-0.4, -0.2) is 15.5 Å². The minimum absolute atomic E-state index is 0.205. The Balaban J connectivity index is 2.01. The van der Waals surface area contributed by atoms with Gasteiger partial charge in [0.15, 0.2) is 0 Å². The molecule has 0 saturated heterocycles. The average Bonchev–Trinajstić information content (AvgIpc) is 2.87. The number of benzene rings is 2. The van der Waals surface area contributed by atoms with Crippen LogP contribution in [0.5, 0.6) is 0 Å². The molecule has 0 bridgehead atoms. The van der Waals surface area contributed by atoms with Gasteiger partial charge in [-0.15, -0.1) is 0 Å². The lowest BCUT2D eigenvalue weighted by Crippen LogP contribution is -2.20. The lowest BCUT2D eigenvalue weighted by Gasteiger charge is -2.13. The zero-order valence-electron chi connectivity index (χ0n) is 12.3. The van der Waals surface area contributed by atoms with Gasteiger partial charge in [-0.1, -0.05) is 24.3 Å². The van der Waals surface area contributed by atoms with Crippen molar-refractivity contribution in [3.8, 4) is 5.69 Å². The molecule has 0 fully saturated rings. The summed E-state index contributed by atoms with van der Waals surface area (Å²) in [7, 11) is 0. The Morgan fingerprint density at radius 2 is 1.83 bits per heavy atom. The Hall–Kier alpha value is -2.35. The Morgan fingerprint density at radius 3 is 2.52 bits per heavy atom. The summed E-state index contributed by atoms with van der Waals surface area (Å²) in [6.07, 6.45) is 1.64. The van der Waals surface area contributed by atoms with E-state index in [1.54, 1.807) is 24.4 Å². The van der Waals surface area contributed by atoms with E-state index < -0.39 is 0 Å². The van der Waals surface area contributed by atoms with Gasteiger partial charge in [-0.05, 0) is 53.8 Å². The molecule has 2 aromatic carbocycles. The molecule has 1 heterocycles. The van der Waals surface area contributed by atoms with Gasteiger partial charge in [0.1, 0.15) is 0 Å². The highest BCUT2D eigenvalue weighted by Crippen LogP contribution is 2.21. The number of carbonyl (C=O) groups is 1. The number of rotatable bonds is 3. The topological polar surface area (TPSA) is 66.9 Å². The van der Waals surface area contributed by atoms with E-state index >= 15 is 0 Å². The second kappa shape index (κ2) is 6.41. The molecule has 0 aliphatic rings. The van der Waals surface area contributed by atoms with Crippen molar-refractivity contribution >= 4 is 34.2 Å². The zero-order chi connectivity index (χ0) is 16.4. The molecule has 0 radical (unpaired) electrons. The zero-order valence-corrected chi connectivity index (χ0v) is 14.5. The van der Waals surface area contributed by atoms with Crippen LogP contribution in [0.4, 0.5) is 5.69 Å². The van der Waals surface area contributed by atoms with Crippen LogP contribution in [0.1, 0.15) is 16.1 Å². The number of H-pyrrole nitrogens is 1. The number of nitrogens with zero attached hydrogens (tertiary/aromatic N) is 1. The van der Waals surface area contributed by atoms with Crippen LogP contribution in [0.25, 0.3) is 5.69 Å². The van der Waals surface area contributed by atoms with Gasteiger partial charge in [-0.3, -0.25) is 9.36 Å². The second-order valence-electron chi connectivity index (χ2n) is 5.02. The largest absolute Gasteiger partial charge is 0.330 e. The Bertz CT molecular complexity index is 927. The number of anilines is 1. The number of hydrogen-bond acceptors (Lipinski definition) is 2. The van der Waals surface area contributed by atoms with Crippen LogP contribution in [0.2, 0.25) is 0 Å². The van der Waals surface area contributed by atoms with Crippen molar-refractivity contribution in [3.63, 3.8) is 0 Å². The number of halogens is 1. The number of amides is 1. The van der Waals surface area contributed by atoms with Gasteiger partial charge in [0.25, 0.3) is 5.91 Å². The number of aromatic nitrogens is 2. The molecule has 3 aromatic rings. The summed E-state index contributed by atoms with van der Waals surface area (Å²) >= 11 is 2.13. The molecule has 0 spiro atoms. The summed E-state index contributed by atoms with van der Waals surface area (Å²) in [6.45, 7) is 1.83. The Kier molecular flexibility index (Phi) is 4.33. The number of aromatic amines is 1. The van der Waals surface area contributed by atoms with Crippen LogP contribution in [0.3, 0.4) is 0 Å². The number of imidazole rings is 1. The fourth-order valence-corrected chi connectivity index (χ4v) is 3.00. The molecule has 6 heteroatoms. The van der Waals surface area contributed by atoms with Gasteiger partial charge in [0.2, 0.25) is 0 Å². The van der Waals surface area contributed by atoms with Crippen molar-refractivity contribution in [2.24, 2.45) is 0 Å². The van der Waals surface area contributed by atoms with Crippen molar-refractivity contribution < 1.29 is 4.79 Å². The summed E-state index contributed by atoms with van der Waals surface area (Å²) in [6, 6.07) is 14.6. The number of nitrogens with one attached hydrogen (secondary N) is 2. The quantitative estimate of drug-likeness (QED) is 0.640. The molecule has 1 aromatic heterocycles. The maximum absolute atomic E-state index is 12.5. The highest BCUT2D eigenvalue weighted by atomic mass is 127. The predicted octanol–water partition coefficient (Wildman–Crippen LogP) is 3.33. The minimum atomic E-state index is -0.238. The third kappa shape index (κ3) is 3.07. The van der Waals surface area contributed by atoms with Crippen LogP contribution in [0, 0.1) is 10.5 Å². The second-order valence-corrected chi connectivity index (χ2v) is 6.18. The monoisotopic (exact) mass is 419 g/mol. The average molecular weight is 419 g/mol.